The Labute approximate surface area is 151 Å². The number of furan rings is 1. The molecule has 132 valence electrons. The van der Waals surface area contributed by atoms with Crippen LogP contribution >= 0.6 is 0 Å². The number of fused-ring (bicyclic) bond motifs is 1. The topological polar surface area (TPSA) is 106 Å². The van der Waals surface area contributed by atoms with Gasteiger partial charge in [0.2, 0.25) is 0 Å². The van der Waals surface area contributed by atoms with Crippen LogP contribution in [-0.4, -0.2) is 21.3 Å². The second kappa shape index (κ2) is 6.32. The first kappa shape index (κ1) is 16.4. The van der Waals surface area contributed by atoms with E-state index in [1.807, 2.05) is 36.7 Å². The third-order valence-electron chi connectivity index (χ3n) is 4.70. The van der Waals surface area contributed by atoms with Gasteiger partial charge in [-0.2, -0.15) is 10.4 Å². The number of hydrogen-bond donors (Lipinski definition) is 2. The van der Waals surface area contributed by atoms with Crippen molar-refractivity contribution in [1.29, 1.82) is 5.26 Å². The van der Waals surface area contributed by atoms with Gasteiger partial charge in [0.05, 0.1) is 11.4 Å². The predicted molar refractivity (Wildman–Crippen MR) is 98.1 cm³/mol. The molecule has 26 heavy (non-hydrogen) atoms. The summed E-state index contributed by atoms with van der Waals surface area (Å²) < 4.78 is 7.73. The van der Waals surface area contributed by atoms with Gasteiger partial charge in [-0.15, -0.1) is 0 Å². The molecule has 3 aromatic rings. The molecule has 3 aromatic heterocycles. The number of nitrogens with one attached hydrogen (secondary N) is 1. The highest BCUT2D eigenvalue weighted by molar-refractivity contribution is 5.81. The Balaban J connectivity index is 1.93. The molecule has 0 radical (unpaired) electrons. The van der Waals surface area contributed by atoms with E-state index in [0.29, 0.717) is 17.0 Å². The van der Waals surface area contributed by atoms with Gasteiger partial charge in [-0.05, 0) is 50.6 Å². The summed E-state index contributed by atoms with van der Waals surface area (Å²) in [6.07, 6.45) is 1.02. The van der Waals surface area contributed by atoms with E-state index in [2.05, 4.69) is 16.4 Å². The lowest BCUT2D eigenvalue weighted by Crippen LogP contribution is -2.11. The molecule has 4 rings (SSSR count). The number of aromatic nitrogens is 3. The Hall–Kier alpha value is -3.11. The van der Waals surface area contributed by atoms with E-state index >= 15 is 0 Å². The maximum absolute atomic E-state index is 9.66. The van der Waals surface area contributed by atoms with Gasteiger partial charge >= 0.3 is 0 Å². The van der Waals surface area contributed by atoms with Crippen LogP contribution in [0.1, 0.15) is 29.0 Å². The molecule has 4 heterocycles. The minimum absolute atomic E-state index is 0.193. The monoisotopic (exact) mass is 348 g/mol. The normalized spacial score (nSPS) is 13.9. The maximum Gasteiger partial charge on any atom is 0.153 e. The van der Waals surface area contributed by atoms with Crippen molar-refractivity contribution in [3.63, 3.8) is 0 Å². The standard InChI is InChI=1S/C19H20N6O/c1-11-4-5-16(26-11)18-12(2)17(14(9-20)19(21)23-18)15-8-13-10-22-6-3-7-25(13)24-15/h4-5,8,22H,3,6-7,10H2,1-2H3,(H2,21,23). The van der Waals surface area contributed by atoms with Crippen LogP contribution in [0.25, 0.3) is 22.7 Å². The molecule has 0 unspecified atom stereocenters. The van der Waals surface area contributed by atoms with Gasteiger partial charge in [0.1, 0.15) is 28.9 Å². The molecule has 0 aliphatic carbocycles. The molecule has 0 fully saturated rings. The first-order chi connectivity index (χ1) is 12.6. The van der Waals surface area contributed by atoms with Gasteiger partial charge in [-0.25, -0.2) is 4.98 Å². The van der Waals surface area contributed by atoms with Crippen LogP contribution in [0.15, 0.2) is 22.6 Å². The Morgan fingerprint density at radius 3 is 2.92 bits per heavy atom. The molecule has 0 saturated heterocycles. The van der Waals surface area contributed by atoms with Gasteiger partial charge in [0.15, 0.2) is 5.76 Å². The van der Waals surface area contributed by atoms with Crippen LogP contribution in [0.5, 0.6) is 0 Å². The lowest BCUT2D eigenvalue weighted by molar-refractivity contribution is 0.546. The molecule has 0 spiro atoms. The summed E-state index contributed by atoms with van der Waals surface area (Å²) in [7, 11) is 0. The molecule has 3 N–H and O–H groups in total. The van der Waals surface area contributed by atoms with E-state index in [4.69, 9.17) is 15.2 Å². The molecule has 0 bridgehead atoms. The zero-order valence-corrected chi connectivity index (χ0v) is 14.8. The molecule has 0 aromatic carbocycles. The summed E-state index contributed by atoms with van der Waals surface area (Å²) in [5.41, 5.74) is 10.5. The van der Waals surface area contributed by atoms with Crippen molar-refractivity contribution in [2.75, 3.05) is 12.3 Å². The Morgan fingerprint density at radius 1 is 1.35 bits per heavy atom. The van der Waals surface area contributed by atoms with Crippen molar-refractivity contribution >= 4 is 5.82 Å². The van der Waals surface area contributed by atoms with Gasteiger partial charge in [-0.3, -0.25) is 4.68 Å². The first-order valence-corrected chi connectivity index (χ1v) is 8.63. The van der Waals surface area contributed by atoms with Crippen LogP contribution < -0.4 is 11.1 Å². The zero-order chi connectivity index (χ0) is 18.3. The van der Waals surface area contributed by atoms with E-state index in [9.17, 15) is 5.26 Å². The molecule has 1 aliphatic heterocycles. The van der Waals surface area contributed by atoms with Crippen LogP contribution in [-0.2, 0) is 13.1 Å². The van der Waals surface area contributed by atoms with Crippen LogP contribution in [0.4, 0.5) is 5.82 Å². The number of nitrogen functional groups attached to an aromatic ring is 1. The van der Waals surface area contributed by atoms with Crippen molar-refractivity contribution < 1.29 is 4.42 Å². The first-order valence-electron chi connectivity index (χ1n) is 8.63. The van der Waals surface area contributed by atoms with Crippen molar-refractivity contribution in [2.45, 2.75) is 33.4 Å². The van der Waals surface area contributed by atoms with Crippen LogP contribution in [0, 0.1) is 25.2 Å². The third kappa shape index (κ3) is 2.65. The quantitative estimate of drug-likeness (QED) is 0.737. The number of pyridine rings is 1. The number of nitrogens with two attached hydrogens (primary N) is 1. The highest BCUT2D eigenvalue weighted by Gasteiger charge is 2.23. The van der Waals surface area contributed by atoms with E-state index in [0.717, 1.165) is 54.3 Å². The van der Waals surface area contributed by atoms with Crippen molar-refractivity contribution in [1.82, 2.24) is 20.1 Å². The highest BCUT2D eigenvalue weighted by Crippen LogP contribution is 2.36. The molecule has 0 atom stereocenters. The van der Waals surface area contributed by atoms with Gasteiger partial charge in [0.25, 0.3) is 0 Å². The average molecular weight is 348 g/mol. The fourth-order valence-corrected chi connectivity index (χ4v) is 3.41. The summed E-state index contributed by atoms with van der Waals surface area (Å²) in [6.45, 7) is 6.41. The van der Waals surface area contributed by atoms with E-state index < -0.39 is 0 Å². The molecule has 0 saturated carbocycles. The predicted octanol–water partition coefficient (Wildman–Crippen LogP) is 2.77. The molecule has 0 amide bonds. The summed E-state index contributed by atoms with van der Waals surface area (Å²) in [6, 6.07) is 7.97. The molecular weight excluding hydrogens is 328 g/mol. The minimum Gasteiger partial charge on any atom is -0.460 e. The Morgan fingerprint density at radius 2 is 2.19 bits per heavy atom. The lowest BCUT2D eigenvalue weighted by atomic mass is 9.98. The lowest BCUT2D eigenvalue weighted by Gasteiger charge is -2.12. The number of nitrogens with zero attached hydrogens (tertiary/aromatic N) is 4. The molecule has 7 nitrogen and oxygen atoms in total. The van der Waals surface area contributed by atoms with E-state index in [-0.39, 0.29) is 5.82 Å². The SMILES string of the molecule is Cc1ccc(-c2nc(N)c(C#N)c(-c3cc4n(n3)CCCNC4)c2C)o1. The summed E-state index contributed by atoms with van der Waals surface area (Å²) in [5.74, 6) is 1.63. The number of nitriles is 1. The van der Waals surface area contributed by atoms with Crippen LogP contribution in [0.3, 0.4) is 0 Å². The number of aryl methyl sites for hydroxylation is 2. The van der Waals surface area contributed by atoms with E-state index in [1.165, 1.54) is 0 Å². The molecule has 1 aliphatic rings. The van der Waals surface area contributed by atoms with Crippen LogP contribution in [0.2, 0.25) is 0 Å². The summed E-state index contributed by atoms with van der Waals surface area (Å²) in [4.78, 5) is 4.42. The number of anilines is 1. The second-order valence-corrected chi connectivity index (χ2v) is 6.52. The van der Waals surface area contributed by atoms with E-state index in [1.54, 1.807) is 0 Å². The van der Waals surface area contributed by atoms with Gasteiger partial charge in [0, 0.05) is 18.7 Å². The largest absolute Gasteiger partial charge is 0.460 e. The fraction of sp³-hybridized carbons (Fsp3) is 0.316. The molecule has 7 heteroatoms. The highest BCUT2D eigenvalue weighted by atomic mass is 16.3. The fourth-order valence-electron chi connectivity index (χ4n) is 3.41. The summed E-state index contributed by atoms with van der Waals surface area (Å²) in [5, 5.41) is 17.8. The van der Waals surface area contributed by atoms with Crippen molar-refractivity contribution in [2.24, 2.45) is 0 Å². The summed E-state index contributed by atoms with van der Waals surface area (Å²) >= 11 is 0. The third-order valence-corrected chi connectivity index (χ3v) is 4.70. The molecular formula is C19H20N6O. The average Bonchev–Trinajstić information content (AvgIpc) is 3.16. The second-order valence-electron chi connectivity index (χ2n) is 6.52. The minimum atomic E-state index is 0.193. The van der Waals surface area contributed by atoms with Gasteiger partial charge in [-0.1, -0.05) is 0 Å². The zero-order valence-electron chi connectivity index (χ0n) is 14.8. The maximum atomic E-state index is 9.66. The van der Waals surface area contributed by atoms with Gasteiger partial charge < -0.3 is 15.5 Å². The number of rotatable bonds is 2. The van der Waals surface area contributed by atoms with Crippen molar-refractivity contribution in [3.05, 3.63) is 40.8 Å². The number of hydrogen-bond acceptors (Lipinski definition) is 6. The Kier molecular flexibility index (Phi) is 3.98. The van der Waals surface area contributed by atoms with Crippen molar-refractivity contribution in [3.8, 4) is 28.8 Å². The Bertz CT molecular complexity index is 1000. The smallest absolute Gasteiger partial charge is 0.153 e.